The van der Waals surface area contributed by atoms with Crippen molar-refractivity contribution in [2.24, 2.45) is 0 Å². The van der Waals surface area contributed by atoms with Crippen molar-refractivity contribution in [3.8, 4) is 0 Å². The minimum absolute atomic E-state index is 0. The van der Waals surface area contributed by atoms with Crippen molar-refractivity contribution in [3.05, 3.63) is 70.2 Å². The Balaban J connectivity index is 0.00000353. The average Bonchev–Trinajstić information content (AvgIpc) is 3.51. The van der Waals surface area contributed by atoms with Crippen LogP contribution in [0.15, 0.2) is 59.1 Å². The van der Waals surface area contributed by atoms with Crippen LogP contribution in [0.1, 0.15) is 62.1 Å². The Morgan fingerprint density at radius 1 is 1.03 bits per heavy atom. The van der Waals surface area contributed by atoms with Crippen molar-refractivity contribution in [3.63, 3.8) is 0 Å². The fourth-order valence-corrected chi connectivity index (χ4v) is 6.13. The second-order valence-corrected chi connectivity index (χ2v) is 11.6. The number of carbonyl (C=O) groups excluding carboxylic acids is 3. The van der Waals surface area contributed by atoms with E-state index in [1.54, 1.807) is 0 Å². The number of hydrogen-bond acceptors (Lipinski definition) is 4. The molecule has 5 rings (SSSR count). The lowest BCUT2D eigenvalue weighted by atomic mass is 9.87. The Labute approximate surface area is 244 Å². The monoisotopic (exact) mass is 617 g/mol. The Kier molecular flexibility index (Phi) is 9.91. The summed E-state index contributed by atoms with van der Waals surface area (Å²) in [6.45, 7) is 2.50. The van der Waals surface area contributed by atoms with Crippen LogP contribution in [-0.4, -0.2) is 59.0 Å². The molecule has 1 atom stereocenters. The van der Waals surface area contributed by atoms with E-state index in [2.05, 4.69) is 48.9 Å². The third kappa shape index (κ3) is 7.13. The molecule has 2 aromatic carbocycles. The van der Waals surface area contributed by atoms with Crippen molar-refractivity contribution in [1.29, 1.82) is 0 Å². The Hall–Kier alpha value is -2.62. The first-order valence-corrected chi connectivity index (χ1v) is 14.4. The lowest BCUT2D eigenvalue weighted by Crippen LogP contribution is -2.55. The highest BCUT2D eigenvalue weighted by Gasteiger charge is 2.52. The molecule has 1 aliphatic carbocycles. The minimum Gasteiger partial charge on any atom is -0.335 e. The van der Waals surface area contributed by atoms with E-state index in [4.69, 9.17) is 0 Å². The fraction of sp³-hybridized carbons (Fsp3) is 0.483. The highest BCUT2D eigenvalue weighted by Crippen LogP contribution is 2.31. The molecule has 3 aliphatic rings. The van der Waals surface area contributed by atoms with Crippen LogP contribution in [0.2, 0.25) is 0 Å². The zero-order valence-corrected chi connectivity index (χ0v) is 24.4. The van der Waals surface area contributed by atoms with Gasteiger partial charge < -0.3 is 20.9 Å². The SMILES string of the molecule is Cl.O=C(NC1CCCC1)N[C@@H](CCN1CCC2(CC1)NC(=O)N(Cc1ccc(Br)cc1)C2=O)c1ccccc1. The number of amides is 5. The van der Waals surface area contributed by atoms with Crippen molar-refractivity contribution >= 4 is 46.3 Å². The van der Waals surface area contributed by atoms with Gasteiger partial charge >= 0.3 is 12.1 Å². The molecule has 2 aliphatic heterocycles. The van der Waals surface area contributed by atoms with Crippen LogP contribution < -0.4 is 16.0 Å². The molecule has 1 spiro atoms. The first-order valence-electron chi connectivity index (χ1n) is 13.6. The minimum atomic E-state index is -0.818. The van der Waals surface area contributed by atoms with Crippen molar-refractivity contribution < 1.29 is 14.4 Å². The summed E-state index contributed by atoms with van der Waals surface area (Å²) in [5, 5.41) is 9.34. The van der Waals surface area contributed by atoms with Crippen molar-refractivity contribution in [2.75, 3.05) is 19.6 Å². The molecule has 2 aromatic rings. The van der Waals surface area contributed by atoms with Gasteiger partial charge in [0.15, 0.2) is 0 Å². The molecule has 1 saturated carbocycles. The largest absolute Gasteiger partial charge is 0.335 e. The second-order valence-electron chi connectivity index (χ2n) is 10.7. The number of hydrogen-bond donors (Lipinski definition) is 3. The first kappa shape index (κ1) is 29.4. The van der Waals surface area contributed by atoms with Crippen LogP contribution in [-0.2, 0) is 11.3 Å². The number of piperidine rings is 1. The summed E-state index contributed by atoms with van der Waals surface area (Å²) in [7, 11) is 0. The van der Waals surface area contributed by atoms with E-state index in [9.17, 15) is 14.4 Å². The number of imide groups is 1. The lowest BCUT2D eigenvalue weighted by molar-refractivity contribution is -0.133. The molecule has 0 aromatic heterocycles. The third-order valence-electron chi connectivity index (χ3n) is 8.14. The molecule has 10 heteroatoms. The summed E-state index contributed by atoms with van der Waals surface area (Å²) in [6, 6.07) is 17.5. The molecule has 3 N–H and O–H groups in total. The number of carbonyl (C=O) groups is 3. The summed E-state index contributed by atoms with van der Waals surface area (Å²) in [5.74, 6) is -0.127. The Bertz CT molecular complexity index is 1140. The molecule has 210 valence electrons. The van der Waals surface area contributed by atoms with Gasteiger partial charge in [-0.3, -0.25) is 9.69 Å². The Morgan fingerprint density at radius 3 is 2.36 bits per heavy atom. The molecule has 0 unspecified atom stereocenters. The van der Waals surface area contributed by atoms with Crippen LogP contribution in [0.25, 0.3) is 0 Å². The van der Waals surface area contributed by atoms with Crippen molar-refractivity contribution in [2.45, 2.75) is 69.1 Å². The van der Waals surface area contributed by atoms with Gasteiger partial charge in [-0.15, -0.1) is 12.4 Å². The van der Waals surface area contributed by atoms with Crippen LogP contribution in [0.3, 0.4) is 0 Å². The number of urea groups is 2. The highest BCUT2D eigenvalue weighted by molar-refractivity contribution is 9.10. The molecule has 8 nitrogen and oxygen atoms in total. The van der Waals surface area contributed by atoms with Gasteiger partial charge in [0.05, 0.1) is 12.6 Å². The zero-order valence-electron chi connectivity index (χ0n) is 22.0. The second kappa shape index (κ2) is 13.2. The Morgan fingerprint density at radius 2 is 1.69 bits per heavy atom. The number of likely N-dealkylation sites (tertiary alicyclic amines) is 1. The molecular weight excluding hydrogens is 582 g/mol. The average molecular weight is 619 g/mol. The van der Waals surface area contributed by atoms with Gasteiger partial charge in [-0.2, -0.15) is 0 Å². The third-order valence-corrected chi connectivity index (χ3v) is 8.67. The van der Waals surface area contributed by atoms with Crippen molar-refractivity contribution in [1.82, 2.24) is 25.8 Å². The van der Waals surface area contributed by atoms with E-state index in [0.717, 1.165) is 41.4 Å². The predicted molar refractivity (Wildman–Crippen MR) is 157 cm³/mol. The van der Waals surface area contributed by atoms with Gasteiger partial charge in [-0.05, 0) is 55.4 Å². The van der Waals surface area contributed by atoms with Gasteiger partial charge in [0, 0.05) is 30.1 Å². The van der Waals surface area contributed by atoms with Crippen LogP contribution in [0, 0.1) is 0 Å². The maximum atomic E-state index is 13.3. The van der Waals surface area contributed by atoms with E-state index < -0.39 is 5.54 Å². The standard InChI is InChI=1S/C29H36BrN5O3.ClH/c30-23-12-10-21(11-13-23)20-35-26(36)29(33-28(35)38)15-18-34(19-16-29)17-14-25(22-6-2-1-3-7-22)32-27(37)31-24-8-4-5-9-24;/h1-3,6-7,10-13,24-25H,4-5,8-9,14-20H2,(H,33,38)(H2,31,32,37);1H/t25-;/m0./s1. The zero-order chi connectivity index (χ0) is 26.5. The van der Waals surface area contributed by atoms with Gasteiger partial charge in [-0.25, -0.2) is 9.59 Å². The molecule has 0 radical (unpaired) electrons. The molecule has 5 amide bonds. The van der Waals surface area contributed by atoms with Crippen LogP contribution in [0.5, 0.6) is 0 Å². The van der Waals surface area contributed by atoms with E-state index in [-0.39, 0.29) is 49.0 Å². The first-order chi connectivity index (χ1) is 18.4. The summed E-state index contributed by atoms with van der Waals surface area (Å²) in [6.07, 6.45) is 6.39. The number of rotatable bonds is 8. The van der Waals surface area contributed by atoms with Crippen LogP contribution in [0.4, 0.5) is 9.59 Å². The van der Waals surface area contributed by atoms with Gasteiger partial charge in [0.1, 0.15) is 5.54 Å². The van der Waals surface area contributed by atoms with E-state index in [1.807, 2.05) is 42.5 Å². The van der Waals surface area contributed by atoms with E-state index >= 15 is 0 Å². The normalized spacial score (nSPS) is 20.0. The number of benzene rings is 2. The molecular formula is C29H37BrClN5O3. The summed E-state index contributed by atoms with van der Waals surface area (Å²) >= 11 is 3.42. The lowest BCUT2D eigenvalue weighted by Gasteiger charge is -2.37. The molecule has 3 fully saturated rings. The molecule has 2 heterocycles. The highest BCUT2D eigenvalue weighted by atomic mass is 79.9. The smallest absolute Gasteiger partial charge is 0.325 e. The van der Waals surface area contributed by atoms with E-state index in [0.29, 0.717) is 25.9 Å². The number of nitrogens with one attached hydrogen (secondary N) is 3. The molecule has 0 bridgehead atoms. The summed E-state index contributed by atoms with van der Waals surface area (Å²) in [5.41, 5.74) is 1.19. The number of nitrogens with zero attached hydrogens (tertiary/aromatic N) is 2. The van der Waals surface area contributed by atoms with E-state index in [1.165, 1.54) is 17.7 Å². The van der Waals surface area contributed by atoms with Crippen LogP contribution >= 0.6 is 28.3 Å². The quantitative estimate of drug-likeness (QED) is 0.358. The predicted octanol–water partition coefficient (Wildman–Crippen LogP) is 5.13. The molecule has 39 heavy (non-hydrogen) atoms. The maximum Gasteiger partial charge on any atom is 0.325 e. The summed E-state index contributed by atoms with van der Waals surface area (Å²) < 4.78 is 0.960. The topological polar surface area (TPSA) is 93.8 Å². The maximum absolute atomic E-state index is 13.3. The van der Waals surface area contributed by atoms with Gasteiger partial charge in [0.25, 0.3) is 5.91 Å². The van der Waals surface area contributed by atoms with Gasteiger partial charge in [0.2, 0.25) is 0 Å². The van der Waals surface area contributed by atoms with Gasteiger partial charge in [-0.1, -0.05) is 71.2 Å². The summed E-state index contributed by atoms with van der Waals surface area (Å²) in [4.78, 5) is 42.5. The molecule has 2 saturated heterocycles. The number of halogens is 2. The fourth-order valence-electron chi connectivity index (χ4n) is 5.86.